The van der Waals surface area contributed by atoms with Crippen molar-refractivity contribution in [3.8, 4) is 0 Å². The monoisotopic (exact) mass is 296 g/mol. The first-order valence-corrected chi connectivity index (χ1v) is 7.45. The SMILES string of the molecule is CC(C)C1CCCCC1NC(=O)c1cc(F)c(N)c(F)c1. The summed E-state index contributed by atoms with van der Waals surface area (Å²) < 4.78 is 26.9. The van der Waals surface area contributed by atoms with Gasteiger partial charge in [0.25, 0.3) is 5.91 Å². The number of hydrogen-bond donors (Lipinski definition) is 2. The number of rotatable bonds is 3. The average Bonchev–Trinajstić information content (AvgIpc) is 2.44. The maximum Gasteiger partial charge on any atom is 0.251 e. The van der Waals surface area contributed by atoms with Gasteiger partial charge in [0, 0.05) is 11.6 Å². The van der Waals surface area contributed by atoms with Gasteiger partial charge in [0.2, 0.25) is 0 Å². The van der Waals surface area contributed by atoms with Gasteiger partial charge in [0.05, 0.1) is 0 Å². The molecule has 5 heteroatoms. The molecule has 1 saturated carbocycles. The predicted octanol–water partition coefficient (Wildman–Crippen LogP) is 3.49. The third-order valence-electron chi connectivity index (χ3n) is 4.33. The lowest BCUT2D eigenvalue weighted by atomic mass is 9.78. The van der Waals surface area contributed by atoms with Crippen LogP contribution in [0.25, 0.3) is 0 Å². The van der Waals surface area contributed by atoms with Gasteiger partial charge in [-0.25, -0.2) is 8.78 Å². The Balaban J connectivity index is 2.13. The van der Waals surface area contributed by atoms with E-state index in [9.17, 15) is 13.6 Å². The highest BCUT2D eigenvalue weighted by Crippen LogP contribution is 2.30. The van der Waals surface area contributed by atoms with Gasteiger partial charge in [0.1, 0.15) is 17.3 Å². The van der Waals surface area contributed by atoms with E-state index in [1.165, 1.54) is 6.42 Å². The maximum absolute atomic E-state index is 13.4. The van der Waals surface area contributed by atoms with Crippen LogP contribution in [-0.2, 0) is 0 Å². The third kappa shape index (κ3) is 3.52. The lowest BCUT2D eigenvalue weighted by Gasteiger charge is -2.34. The summed E-state index contributed by atoms with van der Waals surface area (Å²) in [6.45, 7) is 4.27. The van der Waals surface area contributed by atoms with Gasteiger partial charge in [-0.05, 0) is 36.8 Å². The number of benzene rings is 1. The molecule has 0 spiro atoms. The summed E-state index contributed by atoms with van der Waals surface area (Å²) in [5.41, 5.74) is 4.64. The molecule has 3 nitrogen and oxygen atoms in total. The number of carbonyl (C=O) groups excluding carboxylic acids is 1. The molecule has 0 bridgehead atoms. The first kappa shape index (κ1) is 15.7. The molecule has 116 valence electrons. The highest BCUT2D eigenvalue weighted by atomic mass is 19.1. The fourth-order valence-corrected chi connectivity index (χ4v) is 3.10. The third-order valence-corrected chi connectivity index (χ3v) is 4.33. The van der Waals surface area contributed by atoms with Crippen molar-refractivity contribution in [2.24, 2.45) is 11.8 Å². The highest BCUT2D eigenvalue weighted by molar-refractivity contribution is 5.94. The van der Waals surface area contributed by atoms with Crippen LogP contribution < -0.4 is 11.1 Å². The summed E-state index contributed by atoms with van der Waals surface area (Å²) >= 11 is 0. The first-order valence-electron chi connectivity index (χ1n) is 7.45. The molecule has 2 atom stereocenters. The van der Waals surface area contributed by atoms with E-state index in [4.69, 9.17) is 5.73 Å². The van der Waals surface area contributed by atoms with Crippen molar-refractivity contribution >= 4 is 11.6 Å². The number of nitrogens with two attached hydrogens (primary N) is 1. The molecular weight excluding hydrogens is 274 g/mol. The van der Waals surface area contributed by atoms with Gasteiger partial charge in [-0.2, -0.15) is 0 Å². The Morgan fingerprint density at radius 1 is 1.24 bits per heavy atom. The van der Waals surface area contributed by atoms with Gasteiger partial charge >= 0.3 is 0 Å². The lowest BCUT2D eigenvalue weighted by molar-refractivity contribution is 0.0888. The van der Waals surface area contributed by atoms with E-state index in [-0.39, 0.29) is 11.6 Å². The molecule has 0 aromatic heterocycles. The zero-order valence-electron chi connectivity index (χ0n) is 12.5. The van der Waals surface area contributed by atoms with E-state index in [1.807, 2.05) is 0 Å². The van der Waals surface area contributed by atoms with E-state index in [1.54, 1.807) is 0 Å². The van der Waals surface area contributed by atoms with Gasteiger partial charge in [0.15, 0.2) is 0 Å². The number of hydrogen-bond acceptors (Lipinski definition) is 2. The summed E-state index contributed by atoms with van der Waals surface area (Å²) in [5.74, 6) is -1.36. The van der Waals surface area contributed by atoms with Crippen molar-refractivity contribution in [1.29, 1.82) is 0 Å². The minimum Gasteiger partial charge on any atom is -0.394 e. The molecule has 21 heavy (non-hydrogen) atoms. The Morgan fingerprint density at radius 3 is 2.38 bits per heavy atom. The van der Waals surface area contributed by atoms with Crippen molar-refractivity contribution < 1.29 is 13.6 Å². The van der Waals surface area contributed by atoms with Crippen LogP contribution in [0.3, 0.4) is 0 Å². The zero-order chi connectivity index (χ0) is 15.6. The second-order valence-electron chi connectivity index (χ2n) is 6.13. The van der Waals surface area contributed by atoms with Crippen LogP contribution in [0.5, 0.6) is 0 Å². The molecule has 1 amide bonds. The summed E-state index contributed by atoms with van der Waals surface area (Å²) in [7, 11) is 0. The Labute approximate surface area is 123 Å². The van der Waals surface area contributed by atoms with Crippen LogP contribution in [0.1, 0.15) is 49.9 Å². The van der Waals surface area contributed by atoms with Crippen molar-refractivity contribution in [3.63, 3.8) is 0 Å². The molecule has 2 unspecified atom stereocenters. The van der Waals surface area contributed by atoms with Crippen molar-refractivity contribution in [2.75, 3.05) is 5.73 Å². The van der Waals surface area contributed by atoms with Crippen LogP contribution in [0.4, 0.5) is 14.5 Å². The number of halogens is 2. The van der Waals surface area contributed by atoms with Gasteiger partial charge in [-0.15, -0.1) is 0 Å². The number of amides is 1. The normalized spacial score (nSPS) is 22.3. The molecule has 2 rings (SSSR count). The second-order valence-corrected chi connectivity index (χ2v) is 6.13. The van der Waals surface area contributed by atoms with E-state index in [0.717, 1.165) is 31.4 Å². The Hall–Kier alpha value is -1.65. The molecule has 1 aromatic carbocycles. The van der Waals surface area contributed by atoms with Crippen molar-refractivity contribution in [2.45, 2.75) is 45.6 Å². The lowest BCUT2D eigenvalue weighted by Crippen LogP contribution is -2.44. The second kappa shape index (κ2) is 6.41. The molecule has 3 N–H and O–H groups in total. The van der Waals surface area contributed by atoms with Crippen LogP contribution in [0.2, 0.25) is 0 Å². The fourth-order valence-electron chi connectivity index (χ4n) is 3.10. The predicted molar refractivity (Wildman–Crippen MR) is 78.8 cm³/mol. The van der Waals surface area contributed by atoms with Crippen LogP contribution >= 0.6 is 0 Å². The molecule has 0 aliphatic heterocycles. The molecule has 1 aromatic rings. The number of nitrogen functional groups attached to an aromatic ring is 1. The average molecular weight is 296 g/mol. The van der Waals surface area contributed by atoms with Crippen molar-refractivity contribution in [1.82, 2.24) is 5.32 Å². The smallest absolute Gasteiger partial charge is 0.251 e. The first-order chi connectivity index (χ1) is 9.90. The maximum atomic E-state index is 13.4. The molecular formula is C16H22F2N2O. The van der Waals surface area contributed by atoms with E-state index >= 15 is 0 Å². The number of nitrogens with one attached hydrogen (secondary N) is 1. The molecule has 0 radical (unpaired) electrons. The molecule has 1 fully saturated rings. The summed E-state index contributed by atoms with van der Waals surface area (Å²) in [5, 5.41) is 2.93. The summed E-state index contributed by atoms with van der Waals surface area (Å²) in [4.78, 5) is 12.2. The van der Waals surface area contributed by atoms with E-state index in [0.29, 0.717) is 11.8 Å². The Morgan fingerprint density at radius 2 is 1.81 bits per heavy atom. The standard InChI is InChI=1S/C16H22F2N2O/c1-9(2)11-5-3-4-6-14(11)20-16(21)10-7-12(17)15(19)13(18)8-10/h7-9,11,14H,3-6,19H2,1-2H3,(H,20,21). The number of carbonyl (C=O) groups is 1. The van der Waals surface area contributed by atoms with Crippen molar-refractivity contribution in [3.05, 3.63) is 29.3 Å². The van der Waals surface area contributed by atoms with Crippen LogP contribution in [0.15, 0.2) is 12.1 Å². The Kier molecular flexibility index (Phi) is 4.80. The molecule has 0 saturated heterocycles. The summed E-state index contributed by atoms with van der Waals surface area (Å²) in [6, 6.07) is 2.04. The van der Waals surface area contributed by atoms with Gasteiger partial charge < -0.3 is 11.1 Å². The van der Waals surface area contributed by atoms with Crippen LogP contribution in [-0.4, -0.2) is 11.9 Å². The zero-order valence-corrected chi connectivity index (χ0v) is 12.5. The molecule has 1 aliphatic carbocycles. The van der Waals surface area contributed by atoms with Gasteiger partial charge in [-0.3, -0.25) is 4.79 Å². The Bertz CT molecular complexity index is 508. The molecule has 0 heterocycles. The van der Waals surface area contributed by atoms with E-state index in [2.05, 4.69) is 19.2 Å². The topological polar surface area (TPSA) is 55.1 Å². The minimum atomic E-state index is -0.899. The highest BCUT2D eigenvalue weighted by Gasteiger charge is 2.29. The van der Waals surface area contributed by atoms with E-state index < -0.39 is 23.2 Å². The minimum absolute atomic E-state index is 0.0210. The molecule has 1 aliphatic rings. The largest absolute Gasteiger partial charge is 0.394 e. The van der Waals surface area contributed by atoms with Gasteiger partial charge in [-0.1, -0.05) is 26.7 Å². The quantitative estimate of drug-likeness (QED) is 0.839. The number of anilines is 1. The van der Waals surface area contributed by atoms with Crippen LogP contribution in [0, 0.1) is 23.5 Å². The summed E-state index contributed by atoms with van der Waals surface area (Å²) in [6.07, 6.45) is 4.22. The fraction of sp³-hybridized carbons (Fsp3) is 0.562.